The van der Waals surface area contributed by atoms with Gasteiger partial charge in [-0.15, -0.1) is 0 Å². The Morgan fingerprint density at radius 1 is 0.483 bits per heavy atom. The average Bonchev–Trinajstić information content (AvgIpc) is 1.56. The molecule has 1 heterocycles. The molecule has 89 heavy (non-hydrogen) atoms. The van der Waals surface area contributed by atoms with E-state index in [1.54, 1.807) is 53.7 Å². The Morgan fingerprint density at radius 2 is 0.888 bits per heavy atom. The van der Waals surface area contributed by atoms with Gasteiger partial charge < -0.3 is 65.4 Å². The highest BCUT2D eigenvalue weighted by Crippen LogP contribution is 2.26. The molecule has 11 amide bonds. The maximum absolute atomic E-state index is 15.3. The van der Waals surface area contributed by atoms with E-state index in [4.69, 9.17) is 4.74 Å². The van der Waals surface area contributed by atoms with Crippen LogP contribution in [0.5, 0.6) is 0 Å². The summed E-state index contributed by atoms with van der Waals surface area (Å²) in [6.45, 7) is 29.6. The van der Waals surface area contributed by atoms with Crippen LogP contribution in [0, 0.1) is 41.4 Å². The number of hydrogen-bond acceptors (Lipinski definition) is 14. The highest BCUT2D eigenvalue weighted by atomic mass is 16.5. The fraction of sp³-hybridized carbons (Fsp3) is 0.781. The molecule has 0 radical (unpaired) electrons. The summed E-state index contributed by atoms with van der Waals surface area (Å²) >= 11 is 0. The molecule has 508 valence electrons. The van der Waals surface area contributed by atoms with Crippen LogP contribution in [0.15, 0.2) is 12.2 Å². The zero-order valence-corrected chi connectivity index (χ0v) is 58.3. The van der Waals surface area contributed by atoms with Crippen molar-refractivity contribution in [1.82, 2.24) is 55.6 Å². The van der Waals surface area contributed by atoms with Gasteiger partial charge in [-0.3, -0.25) is 57.5 Å². The second kappa shape index (κ2) is 36.3. The van der Waals surface area contributed by atoms with Crippen LogP contribution in [0.25, 0.3) is 0 Å². The van der Waals surface area contributed by atoms with E-state index in [9.17, 15) is 43.5 Å². The van der Waals surface area contributed by atoms with E-state index in [0.717, 1.165) is 21.6 Å². The number of aliphatic hydroxyl groups is 1. The van der Waals surface area contributed by atoms with Crippen LogP contribution < -0.4 is 21.3 Å². The lowest BCUT2D eigenvalue weighted by Crippen LogP contribution is -2.64. The molecule has 0 spiro atoms. The average molecular weight is 1260 g/mol. The molecular weight excluding hydrogens is 1150 g/mol. The fourth-order valence-corrected chi connectivity index (χ4v) is 11.0. The Hall–Kier alpha value is -6.66. The van der Waals surface area contributed by atoms with Gasteiger partial charge in [0.15, 0.2) is 0 Å². The Balaban J connectivity index is 4.47. The molecule has 25 heteroatoms. The molecule has 0 aromatic heterocycles. The molecular formula is C64H113N11O14. The van der Waals surface area contributed by atoms with E-state index in [-0.39, 0.29) is 55.8 Å². The van der Waals surface area contributed by atoms with E-state index in [2.05, 4.69) is 21.3 Å². The number of ether oxygens (including phenoxy) is 1. The van der Waals surface area contributed by atoms with Crippen LogP contribution in [-0.4, -0.2) is 239 Å². The van der Waals surface area contributed by atoms with Gasteiger partial charge in [0.1, 0.15) is 66.5 Å². The molecule has 0 saturated carbocycles. The first-order chi connectivity index (χ1) is 41.0. The van der Waals surface area contributed by atoms with Gasteiger partial charge >= 0.3 is 5.97 Å². The molecule has 25 nitrogen and oxygen atoms in total. The van der Waals surface area contributed by atoms with Crippen molar-refractivity contribution >= 4 is 70.9 Å². The molecule has 0 bridgehead atoms. The maximum atomic E-state index is 15.3. The second-order valence-corrected chi connectivity index (χ2v) is 26.9. The highest BCUT2D eigenvalue weighted by Gasteiger charge is 2.46. The number of nitrogens with one attached hydrogen (secondary N) is 4. The highest BCUT2D eigenvalue weighted by molar-refractivity contribution is 5.99. The van der Waals surface area contributed by atoms with Crippen LogP contribution in [-0.2, 0) is 62.3 Å². The number of allylic oxidation sites excluding steroid dienone is 2. The lowest BCUT2D eigenvalue weighted by molar-refractivity contribution is -0.158. The van der Waals surface area contributed by atoms with Gasteiger partial charge in [-0.1, -0.05) is 102 Å². The van der Waals surface area contributed by atoms with Crippen molar-refractivity contribution < 1.29 is 67.4 Å². The number of amides is 11. The van der Waals surface area contributed by atoms with Crippen molar-refractivity contribution in [2.45, 2.75) is 229 Å². The molecule has 1 fully saturated rings. The first kappa shape index (κ1) is 80.4. The van der Waals surface area contributed by atoms with Crippen molar-refractivity contribution in [3.63, 3.8) is 0 Å². The number of aliphatic hydroxyl groups excluding tert-OH is 1. The van der Waals surface area contributed by atoms with Gasteiger partial charge in [0.25, 0.3) is 0 Å². The van der Waals surface area contributed by atoms with E-state index < -0.39 is 168 Å². The van der Waals surface area contributed by atoms with E-state index in [1.807, 2.05) is 55.4 Å². The van der Waals surface area contributed by atoms with E-state index in [1.165, 1.54) is 89.7 Å². The Bertz CT molecular complexity index is 2490. The topological polar surface area (TPSA) is 305 Å². The Morgan fingerprint density at radius 3 is 1.34 bits per heavy atom. The number of carbonyl (C=O) groups is 12. The standard InChI is InChI=1S/C64H113N11O14/c1-26-27-28-40(14)54(78)53-58(82)68-51(43(17)89-44(18)76)62(86)69(19)33-49(77)70(20)45(29-34(2)3)57(81)67-50(38(10)11)63(87)71(21)46(30-35(4)5)56(80)65-41(15)55(79)66-42(16)59(83)72(22)47(31-36(6)7)60(84)73(23)48(32-37(8)9)61(85)74(24)52(39(12)13)64(88)75(53)25/h26-27,34-43,45-48,50-54,78H,28-33H2,1-25H3,(H,65,80)(H,66,79)(H,67,81)(H,68,82)/b27-26+/t40-,41+,42-,43-,45+,46+,47+,48+,50+,51+,52+,53+,54-/m1/s1. The molecule has 0 aromatic carbocycles. The normalized spacial score (nSPS) is 26.5. The number of rotatable bonds is 16. The molecule has 1 saturated heterocycles. The second-order valence-electron chi connectivity index (χ2n) is 26.9. The predicted molar refractivity (Wildman–Crippen MR) is 339 cm³/mol. The van der Waals surface area contributed by atoms with Crippen LogP contribution in [0.2, 0.25) is 0 Å². The van der Waals surface area contributed by atoms with Crippen molar-refractivity contribution in [3.05, 3.63) is 12.2 Å². The van der Waals surface area contributed by atoms with Crippen LogP contribution in [0.4, 0.5) is 0 Å². The molecule has 0 aliphatic carbocycles. The number of hydrogen-bond donors (Lipinski definition) is 5. The number of esters is 1. The lowest BCUT2D eigenvalue weighted by Gasteiger charge is -2.41. The first-order valence-corrected chi connectivity index (χ1v) is 31.5. The number of nitrogens with zero attached hydrogens (tertiary/aromatic N) is 7. The largest absolute Gasteiger partial charge is 0.460 e. The third kappa shape index (κ3) is 23.0. The van der Waals surface area contributed by atoms with E-state index >= 15 is 19.2 Å². The quantitative estimate of drug-likeness (QED) is 0.110. The molecule has 0 unspecified atom stereocenters. The molecule has 0 aromatic rings. The number of carbonyl (C=O) groups excluding carboxylic acids is 12. The van der Waals surface area contributed by atoms with E-state index in [0.29, 0.717) is 0 Å². The van der Waals surface area contributed by atoms with Crippen molar-refractivity contribution in [2.75, 3.05) is 55.9 Å². The summed E-state index contributed by atoms with van der Waals surface area (Å²) in [5, 5.41) is 23.0. The minimum atomic E-state index is -1.77. The monoisotopic (exact) mass is 1260 g/mol. The van der Waals surface area contributed by atoms with Crippen molar-refractivity contribution in [2.24, 2.45) is 41.4 Å². The fourth-order valence-electron chi connectivity index (χ4n) is 11.0. The Kier molecular flexibility index (Phi) is 32.7. The van der Waals surface area contributed by atoms with Gasteiger partial charge in [0.05, 0.1) is 12.6 Å². The Labute approximate surface area is 530 Å². The summed E-state index contributed by atoms with van der Waals surface area (Å²) in [6.07, 6.45) is 1.18. The summed E-state index contributed by atoms with van der Waals surface area (Å²) in [4.78, 5) is 182. The van der Waals surface area contributed by atoms with Gasteiger partial charge in [-0.25, -0.2) is 0 Å². The molecule has 1 rings (SSSR count). The van der Waals surface area contributed by atoms with Gasteiger partial charge in [0.2, 0.25) is 65.0 Å². The molecule has 1 aliphatic heterocycles. The summed E-state index contributed by atoms with van der Waals surface area (Å²) in [5.41, 5.74) is 0. The third-order valence-electron chi connectivity index (χ3n) is 16.4. The summed E-state index contributed by atoms with van der Waals surface area (Å²) in [7, 11) is 9.59. The van der Waals surface area contributed by atoms with Crippen molar-refractivity contribution in [3.8, 4) is 0 Å². The van der Waals surface area contributed by atoms with Gasteiger partial charge in [-0.2, -0.15) is 0 Å². The zero-order valence-electron chi connectivity index (χ0n) is 58.3. The predicted octanol–water partition coefficient (Wildman–Crippen LogP) is 2.81. The summed E-state index contributed by atoms with van der Waals surface area (Å²) in [5.74, 6) is -11.7. The minimum Gasteiger partial charge on any atom is -0.460 e. The lowest BCUT2D eigenvalue weighted by atomic mass is 9.91. The van der Waals surface area contributed by atoms with Gasteiger partial charge in [-0.05, 0) is 101 Å². The van der Waals surface area contributed by atoms with Crippen molar-refractivity contribution in [1.29, 1.82) is 0 Å². The molecule has 13 atom stereocenters. The molecule has 1 aliphatic rings. The third-order valence-corrected chi connectivity index (χ3v) is 16.4. The van der Waals surface area contributed by atoms with Crippen LogP contribution in [0.3, 0.4) is 0 Å². The maximum Gasteiger partial charge on any atom is 0.302 e. The zero-order chi connectivity index (χ0) is 69.1. The van der Waals surface area contributed by atoms with Crippen LogP contribution in [0.1, 0.15) is 157 Å². The van der Waals surface area contributed by atoms with Crippen LogP contribution >= 0.6 is 0 Å². The smallest absolute Gasteiger partial charge is 0.302 e. The summed E-state index contributed by atoms with van der Waals surface area (Å²) in [6, 6.07) is -13.3. The van der Waals surface area contributed by atoms with Gasteiger partial charge in [0, 0.05) is 56.3 Å². The first-order valence-electron chi connectivity index (χ1n) is 31.5. The number of likely N-dealkylation sites (N-methyl/N-ethyl adjacent to an activating group) is 7. The SMILES string of the molecule is C/C=C/C[C@@H](C)[C@@H](O)[C@H]1C(=O)N[C@@H]([C@@H](C)OC(C)=O)C(=O)N(C)CC(=O)N(C)[C@@H](CC(C)C)C(=O)N[C@@H](C(C)C)C(=O)N(C)[C@@H](CC(C)C)C(=O)N[C@@H](C)C(=O)N[C@H](C)C(=O)N(C)[C@@H](CC(C)C)C(=O)N(C)[C@@H](CC(C)C)C(=O)N(C)[C@@H](C(C)C)C(=O)N1C. The molecule has 5 N–H and O–H groups in total. The summed E-state index contributed by atoms with van der Waals surface area (Å²) < 4.78 is 5.48. The minimum absolute atomic E-state index is 0.0951.